The van der Waals surface area contributed by atoms with Gasteiger partial charge in [-0.15, -0.1) is 0 Å². The molecule has 180 valence electrons. The average molecular weight is 466 g/mol. The third kappa shape index (κ3) is 10.7. The molecule has 1 N–H and O–H groups in total. The van der Waals surface area contributed by atoms with Crippen molar-refractivity contribution in [2.45, 2.75) is 53.2 Å². The second-order valence-corrected chi connectivity index (χ2v) is 8.92. The first-order chi connectivity index (χ1) is 15.3. The molecule has 32 heavy (non-hydrogen) atoms. The first-order valence-corrected chi connectivity index (χ1v) is 12.9. The fraction of sp³-hybridized carbons (Fsp3) is 0.480. The number of carbonyl (C=O) groups is 1. The zero-order chi connectivity index (χ0) is 24.6. The van der Waals surface area contributed by atoms with Gasteiger partial charge in [0.1, 0.15) is 5.75 Å². The summed E-state index contributed by atoms with van der Waals surface area (Å²) >= 11 is 0. The lowest BCUT2D eigenvalue weighted by Crippen LogP contribution is -2.31. The molecular formula is C25H39NO5S. The van der Waals surface area contributed by atoms with Crippen molar-refractivity contribution in [3.63, 3.8) is 0 Å². The maximum Gasteiger partial charge on any atom is 0.235 e. The van der Waals surface area contributed by atoms with Crippen molar-refractivity contribution in [1.29, 1.82) is 0 Å². The molecule has 0 saturated heterocycles. The van der Waals surface area contributed by atoms with Gasteiger partial charge in [-0.2, -0.15) is 0 Å². The van der Waals surface area contributed by atoms with Crippen molar-refractivity contribution in [2.24, 2.45) is 0 Å². The number of methoxy groups -OCH3 is 2. The van der Waals surface area contributed by atoms with Gasteiger partial charge < -0.3 is 14.8 Å². The molecule has 0 saturated carbocycles. The van der Waals surface area contributed by atoms with Crippen LogP contribution in [-0.2, 0) is 20.4 Å². The molecule has 0 spiro atoms. The van der Waals surface area contributed by atoms with E-state index >= 15 is 0 Å². The highest BCUT2D eigenvalue weighted by atomic mass is 32.2. The second kappa shape index (κ2) is 16.1. The van der Waals surface area contributed by atoms with Gasteiger partial charge >= 0.3 is 0 Å². The summed E-state index contributed by atoms with van der Waals surface area (Å²) in [4.78, 5) is 11.6. The van der Waals surface area contributed by atoms with E-state index in [2.05, 4.69) is 19.2 Å². The van der Waals surface area contributed by atoms with Crippen LogP contribution in [0.4, 0.5) is 0 Å². The largest absolute Gasteiger partial charge is 0.493 e. The van der Waals surface area contributed by atoms with E-state index in [9.17, 15) is 13.2 Å². The minimum Gasteiger partial charge on any atom is -0.493 e. The normalized spacial score (nSPS) is 10.1. The lowest BCUT2D eigenvalue weighted by molar-refractivity contribution is -0.118. The SMILES string of the molecule is CC.CCC.CCCNC(=O)CS(=O)(=O)Cc1ccc(-c2ccc(OC)c(OC)c2)cc1. The molecule has 0 bridgehead atoms. The van der Waals surface area contributed by atoms with Crippen LogP contribution >= 0.6 is 0 Å². The molecule has 0 atom stereocenters. The number of hydrogen-bond acceptors (Lipinski definition) is 5. The van der Waals surface area contributed by atoms with Crippen molar-refractivity contribution < 1.29 is 22.7 Å². The summed E-state index contributed by atoms with van der Waals surface area (Å²) in [7, 11) is -0.356. The van der Waals surface area contributed by atoms with Gasteiger partial charge in [-0.1, -0.05) is 71.4 Å². The minimum atomic E-state index is -3.51. The van der Waals surface area contributed by atoms with Crippen molar-refractivity contribution >= 4 is 15.7 Å². The number of hydrogen-bond donors (Lipinski definition) is 1. The topological polar surface area (TPSA) is 81.7 Å². The summed E-state index contributed by atoms with van der Waals surface area (Å²) in [6.07, 6.45) is 2.02. The molecule has 6 nitrogen and oxygen atoms in total. The van der Waals surface area contributed by atoms with Crippen LogP contribution in [0.3, 0.4) is 0 Å². The van der Waals surface area contributed by atoms with Crippen LogP contribution in [0.2, 0.25) is 0 Å². The number of ether oxygens (including phenoxy) is 2. The van der Waals surface area contributed by atoms with Gasteiger partial charge in [-0.05, 0) is 35.2 Å². The standard InChI is InChI=1S/C20H25NO5S.C3H8.C2H6/c1-4-11-21-20(22)14-27(23,24)13-15-5-7-16(8-6-15)17-9-10-18(25-2)19(12-17)26-3;1-3-2;1-2/h5-10,12H,4,11,13-14H2,1-3H3,(H,21,22);3H2,1-2H3;1-2H3. The van der Waals surface area contributed by atoms with E-state index in [4.69, 9.17) is 9.47 Å². The molecule has 0 aliphatic heterocycles. The molecule has 2 rings (SSSR count). The molecule has 0 fully saturated rings. The lowest BCUT2D eigenvalue weighted by Gasteiger charge is -2.10. The Labute approximate surface area is 194 Å². The first-order valence-electron chi connectivity index (χ1n) is 11.1. The van der Waals surface area contributed by atoms with E-state index < -0.39 is 21.5 Å². The predicted octanol–water partition coefficient (Wildman–Crippen LogP) is 5.25. The monoisotopic (exact) mass is 465 g/mol. The molecule has 0 aliphatic carbocycles. The smallest absolute Gasteiger partial charge is 0.235 e. The second-order valence-electron chi connectivity index (χ2n) is 6.86. The summed E-state index contributed by atoms with van der Waals surface area (Å²) in [5.74, 6) is 0.146. The number of amides is 1. The molecule has 0 unspecified atom stereocenters. The van der Waals surface area contributed by atoms with E-state index in [1.165, 1.54) is 6.42 Å². The van der Waals surface area contributed by atoms with E-state index in [-0.39, 0.29) is 5.75 Å². The summed E-state index contributed by atoms with van der Waals surface area (Å²) in [6.45, 7) is 10.6. The van der Waals surface area contributed by atoms with Crippen LogP contribution < -0.4 is 14.8 Å². The van der Waals surface area contributed by atoms with E-state index in [1.807, 2.05) is 51.1 Å². The molecule has 1 amide bonds. The third-order valence-electron chi connectivity index (χ3n) is 3.98. The van der Waals surface area contributed by atoms with Gasteiger partial charge in [-0.25, -0.2) is 8.42 Å². The molecule has 7 heteroatoms. The Hall–Kier alpha value is -2.54. The van der Waals surface area contributed by atoms with Crippen molar-refractivity contribution in [1.82, 2.24) is 5.32 Å². The lowest BCUT2D eigenvalue weighted by atomic mass is 10.0. The van der Waals surface area contributed by atoms with Gasteiger partial charge in [0.25, 0.3) is 0 Å². The summed E-state index contributed by atoms with van der Waals surface area (Å²) in [5, 5.41) is 2.58. The quantitative estimate of drug-likeness (QED) is 0.547. The maximum absolute atomic E-state index is 12.2. The Balaban J connectivity index is 0.00000177. The van der Waals surface area contributed by atoms with Crippen molar-refractivity contribution in [3.8, 4) is 22.6 Å². The Morgan fingerprint density at radius 3 is 1.91 bits per heavy atom. The molecular weight excluding hydrogens is 426 g/mol. The predicted molar refractivity (Wildman–Crippen MR) is 133 cm³/mol. The Morgan fingerprint density at radius 2 is 1.41 bits per heavy atom. The van der Waals surface area contributed by atoms with Crippen LogP contribution in [0.25, 0.3) is 11.1 Å². The van der Waals surface area contributed by atoms with E-state index in [0.717, 1.165) is 17.5 Å². The van der Waals surface area contributed by atoms with Crippen LogP contribution in [0.1, 0.15) is 53.0 Å². The van der Waals surface area contributed by atoms with Crippen molar-refractivity contribution in [2.75, 3.05) is 26.5 Å². The van der Waals surface area contributed by atoms with Gasteiger partial charge in [0.2, 0.25) is 5.91 Å². The molecule has 2 aromatic rings. The zero-order valence-electron chi connectivity index (χ0n) is 20.5. The van der Waals surface area contributed by atoms with Gasteiger partial charge in [0, 0.05) is 6.54 Å². The number of sulfone groups is 1. The minimum absolute atomic E-state index is 0.168. The summed E-state index contributed by atoms with van der Waals surface area (Å²) in [6, 6.07) is 12.8. The van der Waals surface area contributed by atoms with Crippen LogP contribution in [-0.4, -0.2) is 40.8 Å². The highest BCUT2D eigenvalue weighted by molar-refractivity contribution is 7.91. The molecule has 0 radical (unpaired) electrons. The van der Waals surface area contributed by atoms with E-state index in [0.29, 0.717) is 23.6 Å². The van der Waals surface area contributed by atoms with Crippen LogP contribution in [0.5, 0.6) is 11.5 Å². The molecule has 0 heterocycles. The molecule has 2 aromatic carbocycles. The molecule has 0 aliphatic rings. The third-order valence-corrected chi connectivity index (χ3v) is 5.46. The number of carbonyl (C=O) groups excluding carboxylic acids is 1. The van der Waals surface area contributed by atoms with Crippen LogP contribution in [0, 0.1) is 0 Å². The molecule has 0 aromatic heterocycles. The maximum atomic E-state index is 12.2. The first kappa shape index (κ1) is 29.5. The Bertz CT molecular complexity index is 893. The average Bonchev–Trinajstić information content (AvgIpc) is 2.79. The highest BCUT2D eigenvalue weighted by Gasteiger charge is 2.17. The fourth-order valence-corrected chi connectivity index (χ4v) is 3.93. The van der Waals surface area contributed by atoms with Crippen molar-refractivity contribution in [3.05, 3.63) is 48.0 Å². The highest BCUT2D eigenvalue weighted by Crippen LogP contribution is 2.32. The fourth-order valence-electron chi connectivity index (χ4n) is 2.63. The Kier molecular flexibility index (Phi) is 14.9. The zero-order valence-corrected chi connectivity index (χ0v) is 21.3. The van der Waals surface area contributed by atoms with Gasteiger partial charge in [-0.3, -0.25) is 4.79 Å². The number of rotatable bonds is 9. The number of nitrogens with one attached hydrogen (secondary N) is 1. The van der Waals surface area contributed by atoms with Gasteiger partial charge in [0.05, 0.1) is 20.0 Å². The van der Waals surface area contributed by atoms with E-state index in [1.54, 1.807) is 26.4 Å². The summed E-state index contributed by atoms with van der Waals surface area (Å²) < 4.78 is 34.9. The summed E-state index contributed by atoms with van der Waals surface area (Å²) in [5.41, 5.74) is 2.50. The number of benzene rings is 2. The van der Waals surface area contributed by atoms with Crippen LogP contribution in [0.15, 0.2) is 42.5 Å². The van der Waals surface area contributed by atoms with Gasteiger partial charge in [0.15, 0.2) is 21.3 Å². The Morgan fingerprint density at radius 1 is 0.875 bits per heavy atom.